The fourth-order valence-electron chi connectivity index (χ4n) is 1.92. The van der Waals surface area contributed by atoms with Crippen molar-refractivity contribution in [3.63, 3.8) is 0 Å². The largest absolute Gasteiger partial charge is 0.373 e. The predicted octanol–water partition coefficient (Wildman–Crippen LogP) is 1.02. The summed E-state index contributed by atoms with van der Waals surface area (Å²) in [5, 5.41) is 13.7. The van der Waals surface area contributed by atoms with Gasteiger partial charge in [-0.15, -0.1) is 0 Å². The number of non-ortho nitro benzene ring substituents is 1. The third-order valence-corrected chi connectivity index (χ3v) is 2.79. The van der Waals surface area contributed by atoms with Gasteiger partial charge in [-0.2, -0.15) is 0 Å². The van der Waals surface area contributed by atoms with Crippen molar-refractivity contribution in [3.05, 3.63) is 33.9 Å². The molecular formula is C11H13N3O3. The fourth-order valence-corrected chi connectivity index (χ4v) is 1.92. The molecular weight excluding hydrogens is 222 g/mol. The van der Waals surface area contributed by atoms with E-state index < -0.39 is 4.92 Å². The number of rotatable bonds is 2. The molecule has 1 N–H and O–H groups in total. The third kappa shape index (κ3) is 2.06. The lowest BCUT2D eigenvalue weighted by molar-refractivity contribution is -0.384. The summed E-state index contributed by atoms with van der Waals surface area (Å²) in [5.74, 6) is -0.0242. The van der Waals surface area contributed by atoms with E-state index in [1.807, 2.05) is 0 Å². The predicted molar refractivity (Wildman–Crippen MR) is 62.9 cm³/mol. The minimum absolute atomic E-state index is 0.0242. The van der Waals surface area contributed by atoms with Crippen LogP contribution in [-0.2, 0) is 11.2 Å². The molecule has 1 aliphatic rings. The van der Waals surface area contributed by atoms with Crippen LogP contribution < -0.4 is 5.32 Å². The summed E-state index contributed by atoms with van der Waals surface area (Å²) >= 11 is 0. The number of anilines is 1. The molecule has 0 bridgehead atoms. The number of hydrogen-bond donors (Lipinski definition) is 1. The average Bonchev–Trinajstić information content (AvgIpc) is 2.69. The maximum Gasteiger partial charge on any atom is 0.269 e. The molecule has 1 aromatic rings. The first-order valence-corrected chi connectivity index (χ1v) is 5.24. The van der Waals surface area contributed by atoms with E-state index in [-0.39, 0.29) is 17.6 Å². The molecule has 0 aliphatic carbocycles. The normalized spacial score (nSPS) is 17.2. The van der Waals surface area contributed by atoms with Gasteiger partial charge < -0.3 is 10.2 Å². The third-order valence-electron chi connectivity index (χ3n) is 2.79. The summed E-state index contributed by atoms with van der Waals surface area (Å²) in [4.78, 5) is 23.5. The molecule has 1 aliphatic heterocycles. The molecule has 1 atom stereocenters. The topological polar surface area (TPSA) is 75.5 Å². The van der Waals surface area contributed by atoms with Gasteiger partial charge in [0.1, 0.15) is 6.04 Å². The van der Waals surface area contributed by atoms with Crippen LogP contribution in [-0.4, -0.2) is 35.9 Å². The number of nitrogens with zero attached hydrogens (tertiary/aromatic N) is 2. The van der Waals surface area contributed by atoms with E-state index in [4.69, 9.17) is 0 Å². The molecule has 6 heteroatoms. The lowest BCUT2D eigenvalue weighted by atomic mass is 10.1. The number of nitro groups is 1. The molecule has 0 fully saturated rings. The molecule has 17 heavy (non-hydrogen) atoms. The lowest BCUT2D eigenvalue weighted by Crippen LogP contribution is -2.37. The minimum Gasteiger partial charge on any atom is -0.373 e. The van der Waals surface area contributed by atoms with Gasteiger partial charge >= 0.3 is 0 Å². The van der Waals surface area contributed by atoms with Gasteiger partial charge in [-0.05, 0) is 11.6 Å². The highest BCUT2D eigenvalue weighted by Crippen LogP contribution is 2.29. The summed E-state index contributed by atoms with van der Waals surface area (Å²) in [5.41, 5.74) is 1.68. The van der Waals surface area contributed by atoms with E-state index in [0.717, 1.165) is 11.3 Å². The summed E-state index contributed by atoms with van der Waals surface area (Å²) in [7, 11) is 3.38. The van der Waals surface area contributed by atoms with Gasteiger partial charge in [0, 0.05) is 38.3 Å². The van der Waals surface area contributed by atoms with Gasteiger partial charge in [0.15, 0.2) is 0 Å². The Morgan fingerprint density at radius 3 is 2.82 bits per heavy atom. The minimum atomic E-state index is -0.429. The zero-order valence-electron chi connectivity index (χ0n) is 9.64. The SMILES string of the molecule is CN(C)C(=O)C1Cc2cc([N+](=O)[O-])ccc2N1. The van der Waals surface area contributed by atoms with E-state index >= 15 is 0 Å². The van der Waals surface area contributed by atoms with Crippen LogP contribution in [0.2, 0.25) is 0 Å². The van der Waals surface area contributed by atoms with Crippen LogP contribution in [0.5, 0.6) is 0 Å². The number of amides is 1. The highest BCUT2D eigenvalue weighted by molar-refractivity contribution is 5.87. The number of carbonyl (C=O) groups excluding carboxylic acids is 1. The van der Waals surface area contributed by atoms with Crippen molar-refractivity contribution in [3.8, 4) is 0 Å². The van der Waals surface area contributed by atoms with Crippen LogP contribution >= 0.6 is 0 Å². The maximum absolute atomic E-state index is 11.8. The summed E-state index contributed by atoms with van der Waals surface area (Å²) in [6.07, 6.45) is 0.494. The first kappa shape index (κ1) is 11.4. The van der Waals surface area contributed by atoms with Gasteiger partial charge in [-0.25, -0.2) is 0 Å². The molecule has 1 heterocycles. The summed E-state index contributed by atoms with van der Waals surface area (Å²) in [6.45, 7) is 0. The number of fused-ring (bicyclic) bond motifs is 1. The zero-order valence-corrected chi connectivity index (χ0v) is 9.64. The monoisotopic (exact) mass is 235 g/mol. The molecule has 6 nitrogen and oxygen atoms in total. The molecule has 0 aromatic heterocycles. The van der Waals surface area contributed by atoms with Crippen molar-refractivity contribution >= 4 is 17.3 Å². The summed E-state index contributed by atoms with van der Waals surface area (Å²) in [6, 6.07) is 4.29. The highest BCUT2D eigenvalue weighted by atomic mass is 16.6. The van der Waals surface area contributed by atoms with E-state index in [9.17, 15) is 14.9 Å². The second-order valence-electron chi connectivity index (χ2n) is 4.23. The molecule has 1 unspecified atom stereocenters. The van der Waals surface area contributed by atoms with Crippen molar-refractivity contribution in [2.24, 2.45) is 0 Å². The Morgan fingerprint density at radius 1 is 1.53 bits per heavy atom. The zero-order chi connectivity index (χ0) is 12.6. The number of likely N-dealkylation sites (N-methyl/N-ethyl adjacent to an activating group) is 1. The Labute approximate surface area is 98.4 Å². The van der Waals surface area contributed by atoms with Crippen molar-refractivity contribution < 1.29 is 9.72 Å². The molecule has 0 saturated heterocycles. The quantitative estimate of drug-likeness (QED) is 0.613. The standard InChI is InChI=1S/C11H13N3O3/c1-13(2)11(15)10-6-7-5-8(14(16)17)3-4-9(7)12-10/h3-5,10,12H,6H2,1-2H3. The lowest BCUT2D eigenvalue weighted by Gasteiger charge is -2.16. The van der Waals surface area contributed by atoms with E-state index in [0.29, 0.717) is 6.42 Å². The molecule has 90 valence electrons. The Kier molecular flexibility index (Phi) is 2.71. The first-order valence-electron chi connectivity index (χ1n) is 5.24. The van der Waals surface area contributed by atoms with Crippen molar-refractivity contribution in [2.45, 2.75) is 12.5 Å². The average molecular weight is 235 g/mol. The van der Waals surface area contributed by atoms with E-state index in [1.54, 1.807) is 20.2 Å². The van der Waals surface area contributed by atoms with Crippen molar-refractivity contribution in [1.82, 2.24) is 4.90 Å². The van der Waals surface area contributed by atoms with Gasteiger partial charge in [-0.3, -0.25) is 14.9 Å². The van der Waals surface area contributed by atoms with Crippen LogP contribution in [0.4, 0.5) is 11.4 Å². The molecule has 0 radical (unpaired) electrons. The first-order chi connectivity index (χ1) is 7.99. The van der Waals surface area contributed by atoms with Crippen LogP contribution in [0, 0.1) is 10.1 Å². The molecule has 2 rings (SSSR count). The maximum atomic E-state index is 11.8. The number of benzene rings is 1. The van der Waals surface area contributed by atoms with Crippen LogP contribution in [0.25, 0.3) is 0 Å². The Bertz CT molecular complexity index is 485. The van der Waals surface area contributed by atoms with Gasteiger partial charge in [-0.1, -0.05) is 0 Å². The van der Waals surface area contributed by atoms with Crippen molar-refractivity contribution in [2.75, 3.05) is 19.4 Å². The van der Waals surface area contributed by atoms with Gasteiger partial charge in [0.2, 0.25) is 5.91 Å². The van der Waals surface area contributed by atoms with Crippen molar-refractivity contribution in [1.29, 1.82) is 0 Å². The Morgan fingerprint density at radius 2 is 2.24 bits per heavy atom. The van der Waals surface area contributed by atoms with Crippen LogP contribution in [0.3, 0.4) is 0 Å². The number of carbonyl (C=O) groups is 1. The second-order valence-corrected chi connectivity index (χ2v) is 4.23. The Hall–Kier alpha value is -2.11. The smallest absolute Gasteiger partial charge is 0.269 e. The molecule has 0 saturated carbocycles. The van der Waals surface area contributed by atoms with Crippen LogP contribution in [0.1, 0.15) is 5.56 Å². The molecule has 1 amide bonds. The highest BCUT2D eigenvalue weighted by Gasteiger charge is 2.28. The number of hydrogen-bond acceptors (Lipinski definition) is 4. The Balaban J connectivity index is 2.22. The number of nitro benzene ring substituents is 1. The molecule has 1 aromatic carbocycles. The van der Waals surface area contributed by atoms with E-state index in [1.165, 1.54) is 17.0 Å². The van der Waals surface area contributed by atoms with E-state index in [2.05, 4.69) is 5.32 Å². The van der Waals surface area contributed by atoms with Gasteiger partial charge in [0.05, 0.1) is 4.92 Å². The second kappa shape index (κ2) is 4.04. The summed E-state index contributed by atoms with van der Waals surface area (Å²) < 4.78 is 0. The van der Waals surface area contributed by atoms with Crippen LogP contribution in [0.15, 0.2) is 18.2 Å². The molecule has 0 spiro atoms. The van der Waals surface area contributed by atoms with Gasteiger partial charge in [0.25, 0.3) is 5.69 Å². The number of nitrogens with one attached hydrogen (secondary N) is 1. The fraction of sp³-hybridized carbons (Fsp3) is 0.364.